The molecule has 25 heavy (non-hydrogen) atoms. The maximum atomic E-state index is 4.73. The average Bonchev–Trinajstić information content (AvgIpc) is 2.88. The number of hydrogen-bond donors (Lipinski definition) is 2. The molecule has 0 spiro atoms. The molecule has 1 aliphatic heterocycles. The first-order valence-electron chi connectivity index (χ1n) is 9.26. The smallest absolute Gasteiger partial charge is 0.191 e. The fourth-order valence-electron chi connectivity index (χ4n) is 3.13. The highest BCUT2D eigenvalue weighted by Gasteiger charge is 2.13. The first-order chi connectivity index (χ1) is 11.6. The SMILES string of the molecule is CCNC(=NCc1sc(C)nc1C)NCC(C)CN1CCCCC1.I. The van der Waals surface area contributed by atoms with Crippen LogP contribution in [0.1, 0.15) is 48.7 Å². The molecule has 5 nitrogen and oxygen atoms in total. The maximum Gasteiger partial charge on any atom is 0.191 e. The lowest BCUT2D eigenvalue weighted by Gasteiger charge is -2.29. The molecule has 1 aliphatic rings. The summed E-state index contributed by atoms with van der Waals surface area (Å²) in [4.78, 5) is 13.1. The van der Waals surface area contributed by atoms with E-state index in [9.17, 15) is 0 Å². The van der Waals surface area contributed by atoms with Crippen molar-refractivity contribution in [3.63, 3.8) is 0 Å². The summed E-state index contributed by atoms with van der Waals surface area (Å²) in [6.07, 6.45) is 4.12. The molecule has 0 amide bonds. The normalized spacial score (nSPS) is 17.0. The number of halogens is 1. The minimum absolute atomic E-state index is 0. The van der Waals surface area contributed by atoms with Crippen LogP contribution in [0.15, 0.2) is 4.99 Å². The Morgan fingerprint density at radius 3 is 2.56 bits per heavy atom. The molecule has 7 heteroatoms. The van der Waals surface area contributed by atoms with Gasteiger partial charge in [-0.3, -0.25) is 0 Å². The molecule has 2 N–H and O–H groups in total. The number of hydrogen-bond acceptors (Lipinski definition) is 4. The van der Waals surface area contributed by atoms with E-state index in [2.05, 4.69) is 48.2 Å². The topological polar surface area (TPSA) is 52.6 Å². The quantitative estimate of drug-likeness (QED) is 0.357. The summed E-state index contributed by atoms with van der Waals surface area (Å²) in [5, 5.41) is 7.97. The second kappa shape index (κ2) is 12.1. The van der Waals surface area contributed by atoms with Crippen LogP contribution in [-0.4, -0.2) is 48.6 Å². The second-order valence-corrected chi connectivity index (χ2v) is 8.07. The molecule has 2 heterocycles. The van der Waals surface area contributed by atoms with Crippen LogP contribution in [0.5, 0.6) is 0 Å². The fourth-order valence-corrected chi connectivity index (χ4v) is 3.99. The standard InChI is InChI=1S/C18H33N5S.HI/c1-5-19-18(21-12-17-15(3)22-16(4)24-17)20-11-14(2)13-23-9-7-6-8-10-23;/h14H,5-13H2,1-4H3,(H2,19,20,21);1H. The minimum Gasteiger partial charge on any atom is -0.357 e. The van der Waals surface area contributed by atoms with E-state index in [-0.39, 0.29) is 24.0 Å². The van der Waals surface area contributed by atoms with Crippen LogP contribution in [0.2, 0.25) is 0 Å². The molecule has 1 fully saturated rings. The Morgan fingerprint density at radius 2 is 1.96 bits per heavy atom. The summed E-state index contributed by atoms with van der Waals surface area (Å²) in [6, 6.07) is 0. The molecule has 144 valence electrons. The lowest BCUT2D eigenvalue weighted by atomic mass is 10.1. The zero-order chi connectivity index (χ0) is 17.4. The van der Waals surface area contributed by atoms with Crippen molar-refractivity contribution in [2.45, 2.75) is 53.5 Å². The molecular weight excluding hydrogens is 445 g/mol. The number of guanidine groups is 1. The highest BCUT2D eigenvalue weighted by Crippen LogP contribution is 2.17. The first-order valence-corrected chi connectivity index (χ1v) is 10.1. The lowest BCUT2D eigenvalue weighted by Crippen LogP contribution is -2.42. The highest BCUT2D eigenvalue weighted by atomic mass is 127. The molecule has 0 saturated carbocycles. The third kappa shape index (κ3) is 8.21. The molecule has 0 aromatic carbocycles. The fraction of sp³-hybridized carbons (Fsp3) is 0.778. The van der Waals surface area contributed by atoms with Gasteiger partial charge in [-0.1, -0.05) is 13.3 Å². The Balaban J connectivity index is 0.00000312. The summed E-state index contributed by atoms with van der Waals surface area (Å²) in [5.74, 6) is 1.53. The van der Waals surface area contributed by atoms with Crippen molar-refractivity contribution in [3.8, 4) is 0 Å². The van der Waals surface area contributed by atoms with Crippen molar-refractivity contribution in [2.24, 2.45) is 10.9 Å². The van der Waals surface area contributed by atoms with Gasteiger partial charge in [-0.15, -0.1) is 35.3 Å². The summed E-state index contributed by atoms with van der Waals surface area (Å²) in [5.41, 5.74) is 1.11. The van der Waals surface area contributed by atoms with Crippen LogP contribution in [-0.2, 0) is 6.54 Å². The van der Waals surface area contributed by atoms with E-state index in [4.69, 9.17) is 4.99 Å². The summed E-state index contributed by atoms with van der Waals surface area (Å²) in [7, 11) is 0. The predicted molar refractivity (Wildman–Crippen MR) is 119 cm³/mol. The van der Waals surface area contributed by atoms with Gasteiger partial charge in [0.05, 0.1) is 17.2 Å². The van der Waals surface area contributed by atoms with Crippen LogP contribution in [0.3, 0.4) is 0 Å². The Hall–Kier alpha value is -0.410. The highest BCUT2D eigenvalue weighted by molar-refractivity contribution is 14.0. The van der Waals surface area contributed by atoms with Gasteiger partial charge in [-0.2, -0.15) is 0 Å². The Labute approximate surface area is 174 Å². The van der Waals surface area contributed by atoms with Crippen LogP contribution in [0.25, 0.3) is 0 Å². The Bertz CT molecular complexity index is 526. The molecule has 1 atom stereocenters. The average molecular weight is 479 g/mol. The van der Waals surface area contributed by atoms with Gasteiger partial charge in [0, 0.05) is 24.5 Å². The molecule has 2 rings (SSSR count). The van der Waals surface area contributed by atoms with Gasteiger partial charge in [0.2, 0.25) is 0 Å². The van der Waals surface area contributed by atoms with Gasteiger partial charge in [0.25, 0.3) is 0 Å². The zero-order valence-corrected chi connectivity index (χ0v) is 19.2. The second-order valence-electron chi connectivity index (χ2n) is 6.78. The first kappa shape index (κ1) is 22.6. The van der Waals surface area contributed by atoms with Crippen molar-refractivity contribution in [3.05, 3.63) is 15.6 Å². The van der Waals surface area contributed by atoms with Crippen molar-refractivity contribution >= 4 is 41.3 Å². The van der Waals surface area contributed by atoms with E-state index in [1.54, 1.807) is 11.3 Å². The van der Waals surface area contributed by atoms with Gasteiger partial charge in [-0.05, 0) is 52.6 Å². The number of rotatable bonds is 7. The van der Waals surface area contributed by atoms with E-state index in [0.29, 0.717) is 12.5 Å². The zero-order valence-electron chi connectivity index (χ0n) is 16.1. The number of nitrogens with zero attached hydrogens (tertiary/aromatic N) is 3. The van der Waals surface area contributed by atoms with Gasteiger partial charge in [0.1, 0.15) is 0 Å². The molecule has 0 bridgehead atoms. The van der Waals surface area contributed by atoms with Crippen molar-refractivity contribution in [1.82, 2.24) is 20.5 Å². The number of aromatic nitrogens is 1. The molecular formula is C18H34IN5S. The third-order valence-electron chi connectivity index (χ3n) is 4.36. The van der Waals surface area contributed by atoms with Crippen molar-refractivity contribution in [1.29, 1.82) is 0 Å². The van der Waals surface area contributed by atoms with Gasteiger partial charge >= 0.3 is 0 Å². The van der Waals surface area contributed by atoms with E-state index >= 15 is 0 Å². The van der Waals surface area contributed by atoms with E-state index in [0.717, 1.165) is 29.8 Å². The summed E-state index contributed by atoms with van der Waals surface area (Å²) < 4.78 is 0. The van der Waals surface area contributed by atoms with Crippen molar-refractivity contribution < 1.29 is 0 Å². The molecule has 0 radical (unpaired) electrons. The molecule has 1 unspecified atom stereocenters. The number of aliphatic imine (C=N–C) groups is 1. The Morgan fingerprint density at radius 1 is 1.24 bits per heavy atom. The molecule has 1 aromatic rings. The van der Waals surface area contributed by atoms with E-state index in [1.807, 2.05) is 0 Å². The largest absolute Gasteiger partial charge is 0.357 e. The Kier molecular flexibility index (Phi) is 10.9. The summed E-state index contributed by atoms with van der Waals surface area (Å²) in [6.45, 7) is 14.8. The van der Waals surface area contributed by atoms with Crippen molar-refractivity contribution in [2.75, 3.05) is 32.7 Å². The minimum atomic E-state index is 0. The maximum absolute atomic E-state index is 4.73. The molecule has 1 aromatic heterocycles. The van der Waals surface area contributed by atoms with E-state index < -0.39 is 0 Å². The number of likely N-dealkylation sites (tertiary alicyclic amines) is 1. The van der Waals surface area contributed by atoms with Crippen LogP contribution < -0.4 is 10.6 Å². The monoisotopic (exact) mass is 479 g/mol. The number of aryl methyl sites for hydroxylation is 2. The lowest BCUT2D eigenvalue weighted by molar-refractivity contribution is 0.201. The third-order valence-corrected chi connectivity index (χ3v) is 5.42. The molecule has 1 saturated heterocycles. The number of thiazole rings is 1. The van der Waals surface area contributed by atoms with Crippen LogP contribution in [0, 0.1) is 19.8 Å². The van der Waals surface area contributed by atoms with Crippen LogP contribution >= 0.6 is 35.3 Å². The van der Waals surface area contributed by atoms with Gasteiger partial charge in [0.15, 0.2) is 5.96 Å². The summed E-state index contributed by atoms with van der Waals surface area (Å²) >= 11 is 1.74. The van der Waals surface area contributed by atoms with Crippen LogP contribution in [0.4, 0.5) is 0 Å². The number of piperidine rings is 1. The van der Waals surface area contributed by atoms with Gasteiger partial charge in [-0.25, -0.2) is 9.98 Å². The molecule has 0 aliphatic carbocycles. The number of nitrogens with one attached hydrogen (secondary N) is 2. The predicted octanol–water partition coefficient (Wildman–Crippen LogP) is 3.56. The van der Waals surface area contributed by atoms with Gasteiger partial charge < -0.3 is 15.5 Å². The van der Waals surface area contributed by atoms with E-state index in [1.165, 1.54) is 43.8 Å².